The van der Waals surface area contributed by atoms with Crippen molar-refractivity contribution in [2.24, 2.45) is 10.4 Å². The summed E-state index contributed by atoms with van der Waals surface area (Å²) in [6, 6.07) is 3.78. The molecule has 3 atom stereocenters. The van der Waals surface area contributed by atoms with E-state index in [1.807, 2.05) is 0 Å². The lowest BCUT2D eigenvalue weighted by atomic mass is 9.56. The maximum atomic E-state index is 10.5. The minimum Gasteiger partial charge on any atom is -0.466 e. The highest BCUT2D eigenvalue weighted by molar-refractivity contribution is 14.0. The van der Waals surface area contributed by atoms with Gasteiger partial charge in [-0.25, -0.2) is 0 Å². The van der Waals surface area contributed by atoms with Crippen molar-refractivity contribution in [1.29, 1.82) is 0 Å². The maximum absolute atomic E-state index is 10.5. The summed E-state index contributed by atoms with van der Waals surface area (Å²) < 4.78 is 10.9. The largest absolute Gasteiger partial charge is 0.466 e. The molecule has 0 amide bonds. The molecule has 3 unspecified atom stereocenters. The molecule has 0 radical (unpaired) electrons. The van der Waals surface area contributed by atoms with Crippen LogP contribution in [0.5, 0.6) is 0 Å². The lowest BCUT2D eigenvalue weighted by molar-refractivity contribution is -0.176. The number of furan rings is 1. The normalized spacial score (nSPS) is 28.3. The van der Waals surface area contributed by atoms with Crippen molar-refractivity contribution in [3.63, 3.8) is 0 Å². The fraction of sp³-hybridized carbons (Fsp3) is 0.706. The second kappa shape index (κ2) is 7.61. The van der Waals surface area contributed by atoms with Crippen LogP contribution in [-0.4, -0.2) is 43.4 Å². The molecule has 1 fully saturated rings. The van der Waals surface area contributed by atoms with Gasteiger partial charge in [-0.1, -0.05) is 13.8 Å². The van der Waals surface area contributed by atoms with Crippen LogP contribution in [0.3, 0.4) is 0 Å². The zero-order valence-electron chi connectivity index (χ0n) is 15.3. The van der Waals surface area contributed by atoms with Gasteiger partial charge in [0.05, 0.1) is 18.4 Å². The Morgan fingerprint density at radius 2 is 2.17 bits per heavy atom. The van der Waals surface area contributed by atoms with Gasteiger partial charge < -0.3 is 24.9 Å². The second-order valence-electron chi connectivity index (χ2n) is 7.23. The van der Waals surface area contributed by atoms with Crippen molar-refractivity contribution in [2.45, 2.75) is 51.4 Å². The van der Waals surface area contributed by atoms with E-state index in [0.29, 0.717) is 18.3 Å². The minimum atomic E-state index is -1.10. The van der Waals surface area contributed by atoms with Gasteiger partial charge in [0.1, 0.15) is 11.4 Å². The Morgan fingerprint density at radius 1 is 1.50 bits per heavy atom. The van der Waals surface area contributed by atoms with Crippen LogP contribution in [0.25, 0.3) is 0 Å². The van der Waals surface area contributed by atoms with E-state index >= 15 is 0 Å². The quantitative estimate of drug-likeness (QED) is 0.364. The van der Waals surface area contributed by atoms with Crippen LogP contribution in [0.1, 0.15) is 39.9 Å². The number of halogens is 1. The number of ether oxygens (including phenoxy) is 1. The number of nitrogens with zero attached hydrogens (tertiary/aromatic N) is 1. The van der Waals surface area contributed by atoms with Gasteiger partial charge in [0, 0.05) is 25.6 Å². The molecule has 1 heterocycles. The number of nitrogens with one attached hydrogen (secondary N) is 2. The molecule has 0 bridgehead atoms. The molecule has 0 aromatic carbocycles. The topological polar surface area (TPSA) is 79.0 Å². The van der Waals surface area contributed by atoms with E-state index in [1.165, 1.54) is 0 Å². The average molecular weight is 451 g/mol. The first-order valence-corrected chi connectivity index (χ1v) is 7.95. The molecule has 1 aliphatic carbocycles. The van der Waals surface area contributed by atoms with Crippen LogP contribution >= 0.6 is 24.0 Å². The van der Waals surface area contributed by atoms with E-state index in [0.717, 1.165) is 6.42 Å². The molecule has 2 rings (SSSR count). The summed E-state index contributed by atoms with van der Waals surface area (Å²) in [7, 11) is 3.48. The lowest BCUT2D eigenvalue weighted by Crippen LogP contribution is -2.69. The van der Waals surface area contributed by atoms with Crippen LogP contribution in [0.15, 0.2) is 27.8 Å². The molecule has 138 valence electrons. The standard InChI is InChI=1S/C17H29N3O3.HI/c1-15(2)12(10-17(15,4)22-6)20-14(18-5)19-11-16(3,21)13-8-7-9-23-13;/h7-9,12,21H,10-11H2,1-6H3,(H2,18,19,20);1H. The van der Waals surface area contributed by atoms with Crippen LogP contribution in [-0.2, 0) is 10.3 Å². The number of aliphatic imine (C=N–C) groups is 1. The SMILES string of the molecule is CN=C(NCC(C)(O)c1ccco1)NC1CC(C)(OC)C1(C)C.I. The molecule has 6 nitrogen and oxygen atoms in total. The van der Waals surface area contributed by atoms with E-state index in [9.17, 15) is 5.11 Å². The molecule has 3 N–H and O–H groups in total. The molecule has 24 heavy (non-hydrogen) atoms. The minimum absolute atomic E-state index is 0. The molecule has 0 aliphatic heterocycles. The third-order valence-electron chi connectivity index (χ3n) is 5.46. The number of guanidine groups is 1. The highest BCUT2D eigenvalue weighted by Gasteiger charge is 2.58. The van der Waals surface area contributed by atoms with Gasteiger partial charge in [-0.3, -0.25) is 4.99 Å². The molecule has 7 heteroatoms. The number of aliphatic hydroxyl groups is 1. The Labute approximate surface area is 161 Å². The van der Waals surface area contributed by atoms with Gasteiger partial charge in [-0.05, 0) is 32.4 Å². The van der Waals surface area contributed by atoms with Crippen molar-refractivity contribution in [1.82, 2.24) is 10.6 Å². The smallest absolute Gasteiger partial charge is 0.191 e. The first kappa shape index (κ1) is 21.2. The Balaban J connectivity index is 0.00000288. The molecule has 1 saturated carbocycles. The summed E-state index contributed by atoms with van der Waals surface area (Å²) in [6.45, 7) is 8.51. The third-order valence-corrected chi connectivity index (χ3v) is 5.46. The fourth-order valence-corrected chi connectivity index (χ4v) is 3.01. The van der Waals surface area contributed by atoms with Crippen molar-refractivity contribution in [2.75, 3.05) is 20.7 Å². The summed E-state index contributed by atoms with van der Waals surface area (Å²) in [6.07, 6.45) is 2.46. The summed E-state index contributed by atoms with van der Waals surface area (Å²) in [4.78, 5) is 4.25. The molecule has 0 spiro atoms. The van der Waals surface area contributed by atoms with Crippen LogP contribution in [0.2, 0.25) is 0 Å². The van der Waals surface area contributed by atoms with Gasteiger partial charge in [0.2, 0.25) is 0 Å². The van der Waals surface area contributed by atoms with Crippen LogP contribution < -0.4 is 10.6 Å². The Kier molecular flexibility index (Phi) is 6.74. The number of hydrogen-bond acceptors (Lipinski definition) is 4. The van der Waals surface area contributed by atoms with Gasteiger partial charge in [0.25, 0.3) is 0 Å². The highest BCUT2D eigenvalue weighted by atomic mass is 127. The van der Waals surface area contributed by atoms with Gasteiger partial charge in [-0.15, -0.1) is 24.0 Å². The van der Waals surface area contributed by atoms with E-state index < -0.39 is 5.60 Å². The monoisotopic (exact) mass is 451 g/mol. The molecule has 0 saturated heterocycles. The van der Waals surface area contributed by atoms with Gasteiger partial charge >= 0.3 is 0 Å². The van der Waals surface area contributed by atoms with E-state index in [2.05, 4.69) is 36.4 Å². The van der Waals surface area contributed by atoms with Crippen LogP contribution in [0.4, 0.5) is 0 Å². The van der Waals surface area contributed by atoms with Gasteiger partial charge in [0.15, 0.2) is 5.96 Å². The van der Waals surface area contributed by atoms with Crippen LogP contribution in [0, 0.1) is 5.41 Å². The second-order valence-corrected chi connectivity index (χ2v) is 7.23. The molecule has 1 aliphatic rings. The van der Waals surface area contributed by atoms with Gasteiger partial charge in [-0.2, -0.15) is 0 Å². The zero-order valence-corrected chi connectivity index (χ0v) is 17.7. The van der Waals surface area contributed by atoms with Crippen molar-refractivity contribution >= 4 is 29.9 Å². The number of rotatable bonds is 5. The Bertz CT molecular complexity index is 557. The molecular weight excluding hydrogens is 421 g/mol. The third kappa shape index (κ3) is 3.88. The Hall–Kier alpha value is -0.800. The zero-order chi connectivity index (χ0) is 17.3. The first-order chi connectivity index (χ1) is 10.7. The number of hydrogen-bond donors (Lipinski definition) is 3. The summed E-state index contributed by atoms with van der Waals surface area (Å²) in [5.41, 5.74) is -1.25. The first-order valence-electron chi connectivity index (χ1n) is 7.95. The predicted molar refractivity (Wildman–Crippen MR) is 106 cm³/mol. The average Bonchev–Trinajstić information content (AvgIpc) is 3.05. The van der Waals surface area contributed by atoms with E-state index in [4.69, 9.17) is 9.15 Å². The van der Waals surface area contributed by atoms with Crippen molar-refractivity contribution < 1.29 is 14.3 Å². The lowest BCUT2D eigenvalue weighted by Gasteiger charge is -2.59. The number of methoxy groups -OCH3 is 1. The van der Waals surface area contributed by atoms with Crippen molar-refractivity contribution in [3.05, 3.63) is 24.2 Å². The summed E-state index contributed by atoms with van der Waals surface area (Å²) >= 11 is 0. The summed E-state index contributed by atoms with van der Waals surface area (Å²) in [5, 5.41) is 17.1. The van der Waals surface area contributed by atoms with E-state index in [1.54, 1.807) is 39.5 Å². The highest BCUT2D eigenvalue weighted by Crippen LogP contribution is 2.51. The van der Waals surface area contributed by atoms with E-state index in [-0.39, 0.29) is 41.0 Å². The molecular formula is C17H30IN3O3. The maximum Gasteiger partial charge on any atom is 0.191 e. The molecule has 1 aromatic rings. The molecule has 1 aromatic heterocycles. The summed E-state index contributed by atoms with van der Waals surface area (Å²) in [5.74, 6) is 1.18. The van der Waals surface area contributed by atoms with Crippen molar-refractivity contribution in [3.8, 4) is 0 Å². The Morgan fingerprint density at radius 3 is 2.62 bits per heavy atom. The fourth-order valence-electron chi connectivity index (χ4n) is 3.01. The predicted octanol–water partition coefficient (Wildman–Crippen LogP) is 2.47.